The summed E-state index contributed by atoms with van der Waals surface area (Å²) in [6.45, 7) is 0.00690. The molecule has 20 heavy (non-hydrogen) atoms. The molecule has 0 saturated heterocycles. The van der Waals surface area contributed by atoms with Gasteiger partial charge in [-0.15, -0.1) is 0 Å². The number of methoxy groups -OCH3 is 2. The van der Waals surface area contributed by atoms with E-state index in [4.69, 9.17) is 10.5 Å². The van der Waals surface area contributed by atoms with Crippen LogP contribution in [0.1, 0.15) is 6.42 Å². The first-order valence-corrected chi connectivity index (χ1v) is 7.23. The lowest BCUT2D eigenvalue weighted by molar-refractivity contribution is -0.140. The molecule has 1 aromatic rings. The first-order valence-electron chi connectivity index (χ1n) is 5.79. The summed E-state index contributed by atoms with van der Waals surface area (Å²) in [6, 6.07) is 4.35. The van der Waals surface area contributed by atoms with E-state index < -0.39 is 16.0 Å². The normalized spacial score (nSPS) is 11.4. The van der Waals surface area contributed by atoms with E-state index in [1.165, 1.54) is 33.4 Å². The second-order valence-corrected chi connectivity index (χ2v) is 6.08. The van der Waals surface area contributed by atoms with Crippen LogP contribution in [0.4, 0.5) is 5.69 Å². The molecule has 0 amide bonds. The average molecular weight is 302 g/mol. The maximum Gasteiger partial charge on any atom is 0.306 e. The number of anilines is 1. The Hall–Kier alpha value is -1.80. The van der Waals surface area contributed by atoms with Crippen molar-refractivity contribution in [1.29, 1.82) is 0 Å². The maximum absolute atomic E-state index is 12.4. The van der Waals surface area contributed by atoms with Crippen molar-refractivity contribution in [3.63, 3.8) is 0 Å². The molecular weight excluding hydrogens is 284 g/mol. The zero-order chi connectivity index (χ0) is 15.3. The van der Waals surface area contributed by atoms with Crippen molar-refractivity contribution in [3.05, 3.63) is 18.2 Å². The third-order valence-electron chi connectivity index (χ3n) is 2.73. The fraction of sp³-hybridized carbons (Fsp3) is 0.417. The van der Waals surface area contributed by atoms with Crippen LogP contribution in [0.25, 0.3) is 0 Å². The highest BCUT2D eigenvalue weighted by Gasteiger charge is 2.25. The van der Waals surface area contributed by atoms with Crippen molar-refractivity contribution in [1.82, 2.24) is 4.31 Å². The number of esters is 1. The van der Waals surface area contributed by atoms with Crippen molar-refractivity contribution in [2.45, 2.75) is 11.3 Å². The number of nitrogens with zero attached hydrogens (tertiary/aromatic N) is 1. The van der Waals surface area contributed by atoms with E-state index in [0.717, 1.165) is 4.31 Å². The predicted octanol–water partition coefficient (Wildman–Crippen LogP) is 0.461. The molecule has 0 aromatic heterocycles. The number of rotatable bonds is 6. The number of benzene rings is 1. The van der Waals surface area contributed by atoms with Gasteiger partial charge in [-0.05, 0) is 18.2 Å². The number of hydrogen-bond donors (Lipinski definition) is 1. The fourth-order valence-corrected chi connectivity index (χ4v) is 2.89. The second kappa shape index (κ2) is 6.58. The van der Waals surface area contributed by atoms with Gasteiger partial charge in [-0.1, -0.05) is 0 Å². The summed E-state index contributed by atoms with van der Waals surface area (Å²) in [7, 11) is 0.210. The van der Waals surface area contributed by atoms with Gasteiger partial charge in [0.05, 0.1) is 20.6 Å². The third kappa shape index (κ3) is 3.61. The number of hydrogen-bond acceptors (Lipinski definition) is 6. The molecule has 0 unspecified atom stereocenters. The van der Waals surface area contributed by atoms with Crippen LogP contribution in [-0.2, 0) is 19.6 Å². The van der Waals surface area contributed by atoms with Gasteiger partial charge in [0.25, 0.3) is 0 Å². The molecule has 2 N–H and O–H groups in total. The lowest BCUT2D eigenvalue weighted by Gasteiger charge is -2.18. The fourth-order valence-electron chi connectivity index (χ4n) is 1.53. The minimum atomic E-state index is -3.79. The van der Waals surface area contributed by atoms with Crippen LogP contribution in [0, 0.1) is 0 Å². The number of ether oxygens (including phenoxy) is 2. The molecule has 0 heterocycles. The molecule has 0 radical (unpaired) electrons. The number of nitrogens with two attached hydrogens (primary N) is 1. The van der Waals surface area contributed by atoms with E-state index in [1.807, 2.05) is 0 Å². The lowest BCUT2D eigenvalue weighted by Crippen LogP contribution is -2.29. The lowest BCUT2D eigenvalue weighted by atomic mass is 10.3. The van der Waals surface area contributed by atoms with Crippen LogP contribution in [-0.4, -0.2) is 46.5 Å². The number of sulfonamides is 1. The second-order valence-electron chi connectivity index (χ2n) is 4.06. The van der Waals surface area contributed by atoms with Gasteiger partial charge in [-0.2, -0.15) is 0 Å². The van der Waals surface area contributed by atoms with Crippen molar-refractivity contribution in [2.24, 2.45) is 0 Å². The zero-order valence-corrected chi connectivity index (χ0v) is 12.4. The summed E-state index contributed by atoms with van der Waals surface area (Å²) >= 11 is 0. The Morgan fingerprint density at radius 1 is 1.35 bits per heavy atom. The Balaban J connectivity index is 3.04. The van der Waals surface area contributed by atoms with E-state index in [0.29, 0.717) is 5.69 Å². The van der Waals surface area contributed by atoms with E-state index in [2.05, 4.69) is 4.74 Å². The Kier molecular flexibility index (Phi) is 5.34. The van der Waals surface area contributed by atoms with E-state index >= 15 is 0 Å². The summed E-state index contributed by atoms with van der Waals surface area (Å²) < 4.78 is 35.4. The molecule has 0 fully saturated rings. The minimum absolute atomic E-state index is 0.00690. The third-order valence-corrected chi connectivity index (χ3v) is 4.61. The molecule has 8 heteroatoms. The summed E-state index contributed by atoms with van der Waals surface area (Å²) in [6.07, 6.45) is -0.0309. The Morgan fingerprint density at radius 3 is 2.55 bits per heavy atom. The molecule has 112 valence electrons. The molecule has 0 atom stereocenters. The summed E-state index contributed by atoms with van der Waals surface area (Å²) in [4.78, 5) is 11.0. The minimum Gasteiger partial charge on any atom is -0.495 e. The van der Waals surface area contributed by atoms with Gasteiger partial charge in [0.15, 0.2) is 0 Å². The highest BCUT2D eigenvalue weighted by Crippen LogP contribution is 2.28. The molecule has 0 spiro atoms. The highest BCUT2D eigenvalue weighted by molar-refractivity contribution is 7.89. The molecule has 7 nitrogen and oxygen atoms in total. The molecule has 1 rings (SSSR count). The van der Waals surface area contributed by atoms with Crippen molar-refractivity contribution < 1.29 is 22.7 Å². The smallest absolute Gasteiger partial charge is 0.306 e. The van der Waals surface area contributed by atoms with Crippen LogP contribution in [0.15, 0.2) is 23.1 Å². The van der Waals surface area contributed by atoms with Crippen LogP contribution >= 0.6 is 0 Å². The molecule has 1 aromatic carbocycles. The Bertz CT molecular complexity index is 586. The van der Waals surface area contributed by atoms with Gasteiger partial charge in [0, 0.05) is 19.3 Å². The van der Waals surface area contributed by atoms with Crippen LogP contribution in [0.3, 0.4) is 0 Å². The van der Waals surface area contributed by atoms with E-state index in [1.54, 1.807) is 6.07 Å². The van der Waals surface area contributed by atoms with Crippen molar-refractivity contribution in [2.75, 3.05) is 33.5 Å². The first-order chi connectivity index (χ1) is 9.32. The molecule has 0 saturated carbocycles. The van der Waals surface area contributed by atoms with Crippen LogP contribution in [0.2, 0.25) is 0 Å². The molecular formula is C12H18N2O5S. The standard InChI is InChI=1S/C12H18N2O5S/c1-14(7-6-12(15)19-3)20(16,17)11-8-9(13)4-5-10(11)18-2/h4-5,8H,6-7,13H2,1-3H3. The first kappa shape index (κ1) is 16.3. The van der Waals surface area contributed by atoms with Crippen LogP contribution < -0.4 is 10.5 Å². The van der Waals surface area contributed by atoms with E-state index in [9.17, 15) is 13.2 Å². The van der Waals surface area contributed by atoms with Crippen molar-refractivity contribution >= 4 is 21.7 Å². The van der Waals surface area contributed by atoms with E-state index in [-0.39, 0.29) is 23.6 Å². The van der Waals surface area contributed by atoms with Gasteiger partial charge in [0.2, 0.25) is 10.0 Å². The summed E-state index contributed by atoms with van der Waals surface area (Å²) in [5, 5.41) is 0. The molecule has 0 aliphatic heterocycles. The van der Waals surface area contributed by atoms with Crippen molar-refractivity contribution in [3.8, 4) is 5.75 Å². The largest absolute Gasteiger partial charge is 0.495 e. The zero-order valence-electron chi connectivity index (χ0n) is 11.6. The van der Waals surface area contributed by atoms with Gasteiger partial charge in [-0.25, -0.2) is 12.7 Å². The highest BCUT2D eigenvalue weighted by atomic mass is 32.2. The molecule has 0 bridgehead atoms. The average Bonchev–Trinajstić information content (AvgIpc) is 2.43. The topological polar surface area (TPSA) is 98.9 Å². The maximum atomic E-state index is 12.4. The van der Waals surface area contributed by atoms with Gasteiger partial charge in [0.1, 0.15) is 10.6 Å². The molecule has 0 aliphatic carbocycles. The van der Waals surface area contributed by atoms with Gasteiger partial charge >= 0.3 is 5.97 Å². The monoisotopic (exact) mass is 302 g/mol. The summed E-state index contributed by atoms with van der Waals surface area (Å²) in [5.74, 6) is -0.282. The SMILES string of the molecule is COC(=O)CCN(C)S(=O)(=O)c1cc(N)ccc1OC. The Labute approximate surface area is 118 Å². The number of carbonyl (C=O) groups is 1. The van der Waals surface area contributed by atoms with Crippen LogP contribution in [0.5, 0.6) is 5.75 Å². The van der Waals surface area contributed by atoms with Gasteiger partial charge in [-0.3, -0.25) is 4.79 Å². The quantitative estimate of drug-likeness (QED) is 0.605. The molecule has 0 aliphatic rings. The van der Waals surface area contributed by atoms with Gasteiger partial charge < -0.3 is 15.2 Å². The number of nitrogen functional groups attached to an aromatic ring is 1. The predicted molar refractivity (Wildman–Crippen MR) is 73.9 cm³/mol. The summed E-state index contributed by atoms with van der Waals surface area (Å²) in [5.41, 5.74) is 5.92. The Morgan fingerprint density at radius 2 is 2.00 bits per heavy atom. The number of carbonyl (C=O) groups excluding carboxylic acids is 1.